The molecule has 0 bridgehead atoms. The Kier molecular flexibility index (Phi) is 8.88. The molecule has 0 rings (SSSR count). The standard InChI is InChI=1S/C9H20O3/c1-2-12-9(6-8-11)5-3-4-7-10/h9-11H,2-8H2,1H3. The van der Waals surface area contributed by atoms with Gasteiger partial charge in [-0.15, -0.1) is 0 Å². The number of unbranched alkanes of at least 4 members (excludes halogenated alkanes) is 1. The lowest BCUT2D eigenvalue weighted by atomic mass is 10.1. The van der Waals surface area contributed by atoms with Crippen molar-refractivity contribution in [2.75, 3.05) is 19.8 Å². The topological polar surface area (TPSA) is 49.7 Å². The van der Waals surface area contributed by atoms with Gasteiger partial charge in [-0.25, -0.2) is 0 Å². The summed E-state index contributed by atoms with van der Waals surface area (Å²) in [7, 11) is 0. The highest BCUT2D eigenvalue weighted by atomic mass is 16.5. The molecule has 3 heteroatoms. The van der Waals surface area contributed by atoms with Crippen LogP contribution in [0.15, 0.2) is 0 Å². The molecular weight excluding hydrogens is 156 g/mol. The van der Waals surface area contributed by atoms with Crippen LogP contribution in [0, 0.1) is 0 Å². The SMILES string of the molecule is CCOC(CCO)CCCCO. The van der Waals surface area contributed by atoms with E-state index in [-0.39, 0.29) is 19.3 Å². The van der Waals surface area contributed by atoms with E-state index in [0.717, 1.165) is 19.3 Å². The van der Waals surface area contributed by atoms with E-state index < -0.39 is 0 Å². The number of hydrogen-bond acceptors (Lipinski definition) is 3. The first-order valence-corrected chi connectivity index (χ1v) is 4.68. The molecule has 0 saturated heterocycles. The molecule has 0 aromatic rings. The zero-order valence-corrected chi connectivity index (χ0v) is 7.83. The number of aliphatic hydroxyl groups is 2. The first-order valence-electron chi connectivity index (χ1n) is 4.68. The van der Waals surface area contributed by atoms with Gasteiger partial charge in [0.05, 0.1) is 6.10 Å². The van der Waals surface area contributed by atoms with E-state index in [1.165, 1.54) is 0 Å². The van der Waals surface area contributed by atoms with Gasteiger partial charge < -0.3 is 14.9 Å². The summed E-state index contributed by atoms with van der Waals surface area (Å²) in [6, 6.07) is 0. The number of aliphatic hydroxyl groups excluding tert-OH is 2. The lowest BCUT2D eigenvalue weighted by Crippen LogP contribution is -2.14. The van der Waals surface area contributed by atoms with E-state index >= 15 is 0 Å². The summed E-state index contributed by atoms with van der Waals surface area (Å²) in [5, 5.41) is 17.2. The molecule has 0 heterocycles. The highest BCUT2D eigenvalue weighted by molar-refractivity contribution is 4.57. The summed E-state index contributed by atoms with van der Waals surface area (Å²) in [5.74, 6) is 0. The van der Waals surface area contributed by atoms with Crippen LogP contribution in [0.25, 0.3) is 0 Å². The van der Waals surface area contributed by atoms with Crippen molar-refractivity contribution in [2.24, 2.45) is 0 Å². The van der Waals surface area contributed by atoms with E-state index in [0.29, 0.717) is 13.0 Å². The predicted molar refractivity (Wildman–Crippen MR) is 48.1 cm³/mol. The van der Waals surface area contributed by atoms with Gasteiger partial charge >= 0.3 is 0 Å². The molecule has 0 aromatic heterocycles. The summed E-state index contributed by atoms with van der Waals surface area (Å²) >= 11 is 0. The Balaban J connectivity index is 3.34. The number of ether oxygens (including phenoxy) is 1. The predicted octanol–water partition coefficient (Wildman–Crippen LogP) is 0.936. The molecule has 74 valence electrons. The zero-order valence-electron chi connectivity index (χ0n) is 7.83. The van der Waals surface area contributed by atoms with Gasteiger partial charge in [-0.3, -0.25) is 0 Å². The second-order valence-corrected chi connectivity index (χ2v) is 2.81. The van der Waals surface area contributed by atoms with Crippen molar-refractivity contribution in [2.45, 2.75) is 38.7 Å². The lowest BCUT2D eigenvalue weighted by molar-refractivity contribution is 0.0361. The minimum Gasteiger partial charge on any atom is -0.396 e. The third-order valence-electron chi connectivity index (χ3n) is 1.79. The third-order valence-corrected chi connectivity index (χ3v) is 1.79. The molecule has 0 amide bonds. The molecule has 0 saturated carbocycles. The normalized spacial score (nSPS) is 13.2. The van der Waals surface area contributed by atoms with Crippen LogP contribution < -0.4 is 0 Å². The second kappa shape index (κ2) is 8.97. The van der Waals surface area contributed by atoms with Crippen molar-refractivity contribution in [3.05, 3.63) is 0 Å². The summed E-state index contributed by atoms with van der Waals surface area (Å²) < 4.78 is 5.39. The molecule has 0 aliphatic carbocycles. The van der Waals surface area contributed by atoms with E-state index in [1.807, 2.05) is 6.92 Å². The van der Waals surface area contributed by atoms with E-state index in [4.69, 9.17) is 14.9 Å². The Morgan fingerprint density at radius 2 is 1.83 bits per heavy atom. The molecule has 0 aliphatic rings. The van der Waals surface area contributed by atoms with Gasteiger partial charge in [0.25, 0.3) is 0 Å². The smallest absolute Gasteiger partial charge is 0.0596 e. The van der Waals surface area contributed by atoms with Gasteiger partial charge in [0.1, 0.15) is 0 Å². The second-order valence-electron chi connectivity index (χ2n) is 2.81. The van der Waals surface area contributed by atoms with E-state index in [9.17, 15) is 0 Å². The molecular formula is C9H20O3. The monoisotopic (exact) mass is 176 g/mol. The Labute approximate surface area is 74.4 Å². The Morgan fingerprint density at radius 3 is 2.33 bits per heavy atom. The molecule has 0 aromatic carbocycles. The molecule has 3 nitrogen and oxygen atoms in total. The lowest BCUT2D eigenvalue weighted by Gasteiger charge is -2.14. The molecule has 2 N–H and O–H groups in total. The Bertz CT molecular complexity index is 79.8. The fourth-order valence-corrected chi connectivity index (χ4v) is 1.17. The molecule has 0 spiro atoms. The highest BCUT2D eigenvalue weighted by Crippen LogP contribution is 2.08. The fraction of sp³-hybridized carbons (Fsp3) is 1.00. The van der Waals surface area contributed by atoms with Crippen molar-refractivity contribution in [1.82, 2.24) is 0 Å². The first kappa shape index (κ1) is 11.9. The third kappa shape index (κ3) is 6.58. The molecule has 1 unspecified atom stereocenters. The van der Waals surface area contributed by atoms with Gasteiger partial charge in [-0.2, -0.15) is 0 Å². The van der Waals surface area contributed by atoms with Crippen LogP contribution in [0.1, 0.15) is 32.6 Å². The van der Waals surface area contributed by atoms with E-state index in [2.05, 4.69) is 0 Å². The van der Waals surface area contributed by atoms with Gasteiger partial charge in [-0.1, -0.05) is 0 Å². The van der Waals surface area contributed by atoms with Crippen molar-refractivity contribution in [3.8, 4) is 0 Å². The number of rotatable bonds is 8. The Hall–Kier alpha value is -0.120. The number of hydrogen-bond donors (Lipinski definition) is 2. The molecule has 0 fully saturated rings. The largest absolute Gasteiger partial charge is 0.396 e. The zero-order chi connectivity index (χ0) is 9.23. The van der Waals surface area contributed by atoms with Gasteiger partial charge in [0.15, 0.2) is 0 Å². The quantitative estimate of drug-likeness (QED) is 0.541. The van der Waals surface area contributed by atoms with Gasteiger partial charge in [-0.05, 0) is 32.6 Å². The van der Waals surface area contributed by atoms with Crippen LogP contribution in [0.5, 0.6) is 0 Å². The van der Waals surface area contributed by atoms with Crippen LogP contribution in [0.3, 0.4) is 0 Å². The molecule has 0 aliphatic heterocycles. The summed E-state index contributed by atoms with van der Waals surface area (Å²) in [6.45, 7) is 3.09. The molecule has 12 heavy (non-hydrogen) atoms. The first-order chi connectivity index (χ1) is 5.85. The minimum absolute atomic E-state index is 0.173. The average Bonchev–Trinajstić information content (AvgIpc) is 2.06. The van der Waals surface area contributed by atoms with Gasteiger partial charge in [0.2, 0.25) is 0 Å². The summed E-state index contributed by atoms with van der Waals surface area (Å²) in [6.07, 6.45) is 3.62. The minimum atomic E-state index is 0.173. The average molecular weight is 176 g/mol. The highest BCUT2D eigenvalue weighted by Gasteiger charge is 2.06. The van der Waals surface area contributed by atoms with Crippen molar-refractivity contribution >= 4 is 0 Å². The molecule has 0 radical (unpaired) electrons. The maximum Gasteiger partial charge on any atom is 0.0596 e. The molecule has 1 atom stereocenters. The summed E-state index contributed by atoms with van der Waals surface area (Å²) in [4.78, 5) is 0. The van der Waals surface area contributed by atoms with Gasteiger partial charge in [0, 0.05) is 19.8 Å². The summed E-state index contributed by atoms with van der Waals surface area (Å²) in [5.41, 5.74) is 0. The van der Waals surface area contributed by atoms with Crippen LogP contribution in [-0.4, -0.2) is 36.1 Å². The van der Waals surface area contributed by atoms with Crippen LogP contribution in [0.2, 0.25) is 0 Å². The Morgan fingerprint density at radius 1 is 1.08 bits per heavy atom. The van der Waals surface area contributed by atoms with E-state index in [1.54, 1.807) is 0 Å². The van der Waals surface area contributed by atoms with Crippen LogP contribution >= 0.6 is 0 Å². The fourth-order valence-electron chi connectivity index (χ4n) is 1.17. The van der Waals surface area contributed by atoms with Crippen LogP contribution in [-0.2, 0) is 4.74 Å². The van der Waals surface area contributed by atoms with Crippen molar-refractivity contribution in [1.29, 1.82) is 0 Å². The van der Waals surface area contributed by atoms with Crippen molar-refractivity contribution in [3.63, 3.8) is 0 Å². The maximum absolute atomic E-state index is 8.69. The van der Waals surface area contributed by atoms with Crippen molar-refractivity contribution < 1.29 is 14.9 Å². The maximum atomic E-state index is 8.69. The van der Waals surface area contributed by atoms with Crippen LogP contribution in [0.4, 0.5) is 0 Å².